The summed E-state index contributed by atoms with van der Waals surface area (Å²) in [6, 6.07) is 2.36. The minimum Gasteiger partial charge on any atom is -0.398 e. The first-order valence-electron chi connectivity index (χ1n) is 11.1. The largest absolute Gasteiger partial charge is 0.417 e. The molecule has 0 spiro atoms. The number of benzene rings is 1. The van der Waals surface area contributed by atoms with Crippen LogP contribution in [-0.4, -0.2) is 48.3 Å². The second-order valence-electron chi connectivity index (χ2n) is 8.63. The van der Waals surface area contributed by atoms with E-state index in [1.807, 2.05) is 0 Å². The molecular weight excluding hydrogens is 474 g/mol. The van der Waals surface area contributed by atoms with Crippen molar-refractivity contribution in [1.29, 1.82) is 0 Å². The summed E-state index contributed by atoms with van der Waals surface area (Å²) >= 11 is 0. The Morgan fingerprint density at radius 2 is 2.00 bits per heavy atom. The number of piperidine rings is 1. The molecule has 1 aromatic rings. The van der Waals surface area contributed by atoms with Gasteiger partial charge in [-0.25, -0.2) is 18.2 Å². The third kappa shape index (κ3) is 7.25. The van der Waals surface area contributed by atoms with E-state index in [0.29, 0.717) is 18.2 Å². The molecule has 1 aromatic carbocycles. The number of carbonyl (C=O) groups excluding carboxylic acids is 1. The summed E-state index contributed by atoms with van der Waals surface area (Å²) in [5.74, 6) is -5.29. The second-order valence-corrected chi connectivity index (χ2v) is 8.63. The zero-order valence-electron chi connectivity index (χ0n) is 20.0. The van der Waals surface area contributed by atoms with E-state index in [1.54, 1.807) is 20.8 Å². The first-order chi connectivity index (χ1) is 16.2. The molecule has 1 aliphatic heterocycles. The van der Waals surface area contributed by atoms with Crippen molar-refractivity contribution in [2.24, 2.45) is 10.9 Å². The number of allylic oxidation sites excluding steroid dienone is 3. The summed E-state index contributed by atoms with van der Waals surface area (Å²) in [5, 5.41) is 2.93. The number of rotatable bonds is 7. The van der Waals surface area contributed by atoms with Crippen LogP contribution in [-0.2, 0) is 0 Å². The average Bonchev–Trinajstić information content (AvgIpc) is 2.76. The molecule has 2 rings (SSSR count). The van der Waals surface area contributed by atoms with Crippen LogP contribution >= 0.6 is 0 Å². The number of anilines is 1. The van der Waals surface area contributed by atoms with Gasteiger partial charge in [-0.05, 0) is 50.0 Å². The van der Waals surface area contributed by atoms with Gasteiger partial charge in [0, 0.05) is 24.9 Å². The van der Waals surface area contributed by atoms with Crippen LogP contribution in [0.2, 0.25) is 0 Å². The molecular formula is C24H30F6N4O. The van der Waals surface area contributed by atoms with Gasteiger partial charge in [-0.1, -0.05) is 19.9 Å². The monoisotopic (exact) mass is 504 g/mol. The molecule has 3 N–H and O–H groups in total. The number of nitrogens with one attached hydrogen (secondary N) is 1. The van der Waals surface area contributed by atoms with Gasteiger partial charge in [0.15, 0.2) is 0 Å². The molecule has 5 nitrogen and oxygen atoms in total. The highest BCUT2D eigenvalue weighted by molar-refractivity contribution is 5.99. The third-order valence-corrected chi connectivity index (χ3v) is 5.97. The maximum absolute atomic E-state index is 14.4. The van der Waals surface area contributed by atoms with Crippen molar-refractivity contribution in [3.63, 3.8) is 0 Å². The van der Waals surface area contributed by atoms with Crippen LogP contribution in [0.4, 0.5) is 32.0 Å². The van der Waals surface area contributed by atoms with Crippen LogP contribution in [0.25, 0.3) is 0 Å². The normalized spacial score (nSPS) is 21.8. The highest BCUT2D eigenvalue weighted by Gasteiger charge is 2.46. The molecule has 0 saturated carbocycles. The topological polar surface area (TPSA) is 70.7 Å². The standard InChI is InChI=1S/C24H30F6N4O/c1-5-14(3)21(32-11-16(6-2)24(28,29)30)33-12-20-15(4)10-23(26,27)13-34(20)22(35)18-9-17(25)7-8-19(18)31/h6-9,11,15,20,33H,5,10,12-13,31H2,1-4H3/b16-6+,21-14+,32-11-. The van der Waals surface area contributed by atoms with Crippen LogP contribution < -0.4 is 11.1 Å². The zero-order chi connectivity index (χ0) is 26.6. The van der Waals surface area contributed by atoms with E-state index in [1.165, 1.54) is 13.0 Å². The Hall–Kier alpha value is -2.98. The minimum absolute atomic E-state index is 0.0531. The summed E-state index contributed by atoms with van der Waals surface area (Å²) in [6.45, 7) is 5.31. The van der Waals surface area contributed by atoms with E-state index in [-0.39, 0.29) is 23.6 Å². The molecule has 194 valence electrons. The van der Waals surface area contributed by atoms with Crippen LogP contribution in [0.5, 0.6) is 0 Å². The molecule has 1 amide bonds. The molecule has 0 bridgehead atoms. The first-order valence-corrected chi connectivity index (χ1v) is 11.1. The van der Waals surface area contributed by atoms with Crippen molar-refractivity contribution < 1.29 is 31.1 Å². The van der Waals surface area contributed by atoms with Gasteiger partial charge in [-0.15, -0.1) is 0 Å². The molecule has 0 aromatic heterocycles. The van der Waals surface area contributed by atoms with Gasteiger partial charge in [-0.2, -0.15) is 13.2 Å². The fourth-order valence-electron chi connectivity index (χ4n) is 3.87. The highest BCUT2D eigenvalue weighted by Crippen LogP contribution is 2.35. The second kappa shape index (κ2) is 11.2. The van der Waals surface area contributed by atoms with Gasteiger partial charge < -0.3 is 16.0 Å². The molecule has 1 fully saturated rings. The molecule has 1 aliphatic rings. The van der Waals surface area contributed by atoms with Crippen molar-refractivity contribution in [1.82, 2.24) is 10.2 Å². The average molecular weight is 505 g/mol. The van der Waals surface area contributed by atoms with Crippen LogP contribution in [0, 0.1) is 11.7 Å². The Kier molecular flexibility index (Phi) is 9.02. The van der Waals surface area contributed by atoms with E-state index >= 15 is 0 Å². The van der Waals surface area contributed by atoms with Crippen LogP contribution in [0.3, 0.4) is 0 Å². The Morgan fingerprint density at radius 1 is 1.34 bits per heavy atom. The Balaban J connectivity index is 2.36. The fraction of sp³-hybridized carbons (Fsp3) is 0.500. The Labute approximate surface area is 200 Å². The number of alkyl halides is 5. The highest BCUT2D eigenvalue weighted by atomic mass is 19.4. The molecule has 11 heteroatoms. The number of nitrogens with two attached hydrogens (primary N) is 1. The SMILES string of the molecule is C\C=C(/C=N\C(NCC1C(C)CC(F)(F)CN1C(=O)c1cc(F)ccc1N)=C(\C)CC)C(F)(F)F. The molecule has 2 atom stereocenters. The van der Waals surface area contributed by atoms with Gasteiger partial charge in [0.25, 0.3) is 11.8 Å². The van der Waals surface area contributed by atoms with Crippen molar-refractivity contribution in [3.05, 3.63) is 52.6 Å². The van der Waals surface area contributed by atoms with Gasteiger partial charge in [0.2, 0.25) is 0 Å². The fourth-order valence-corrected chi connectivity index (χ4v) is 3.87. The maximum atomic E-state index is 14.4. The quantitative estimate of drug-likeness (QED) is 0.284. The Bertz CT molecular complexity index is 1020. The van der Waals surface area contributed by atoms with E-state index in [0.717, 1.165) is 23.1 Å². The molecule has 1 saturated heterocycles. The molecule has 0 aliphatic carbocycles. The van der Waals surface area contributed by atoms with Crippen molar-refractivity contribution in [2.45, 2.75) is 58.7 Å². The van der Waals surface area contributed by atoms with Gasteiger partial charge in [0.1, 0.15) is 11.6 Å². The number of nitrogen functional groups attached to an aromatic ring is 1. The number of amides is 1. The van der Waals surface area contributed by atoms with E-state index < -0.39 is 54.3 Å². The third-order valence-electron chi connectivity index (χ3n) is 5.97. The lowest BCUT2D eigenvalue weighted by atomic mass is 9.87. The maximum Gasteiger partial charge on any atom is 0.417 e. The lowest BCUT2D eigenvalue weighted by Gasteiger charge is -2.43. The van der Waals surface area contributed by atoms with E-state index in [2.05, 4.69) is 10.3 Å². The van der Waals surface area contributed by atoms with Gasteiger partial charge >= 0.3 is 6.18 Å². The summed E-state index contributed by atoms with van der Waals surface area (Å²) in [5.41, 5.74) is 5.21. The zero-order valence-corrected chi connectivity index (χ0v) is 20.0. The van der Waals surface area contributed by atoms with E-state index in [9.17, 15) is 31.1 Å². The lowest BCUT2D eigenvalue weighted by Crippen LogP contribution is -2.58. The molecule has 1 heterocycles. The molecule has 0 radical (unpaired) electrons. The minimum atomic E-state index is -4.58. The van der Waals surface area contributed by atoms with Crippen LogP contribution in [0.15, 0.2) is 46.2 Å². The predicted molar refractivity (Wildman–Crippen MR) is 124 cm³/mol. The summed E-state index contributed by atoms with van der Waals surface area (Å²) in [4.78, 5) is 18.1. The van der Waals surface area contributed by atoms with Gasteiger partial charge in [0.05, 0.1) is 23.7 Å². The summed E-state index contributed by atoms with van der Waals surface area (Å²) < 4.78 is 81.8. The number of carbonyl (C=O) groups is 1. The molecule has 35 heavy (non-hydrogen) atoms. The number of nitrogens with zero attached hydrogens (tertiary/aromatic N) is 2. The first kappa shape index (κ1) is 28.3. The van der Waals surface area contributed by atoms with Crippen molar-refractivity contribution in [2.75, 3.05) is 18.8 Å². The van der Waals surface area contributed by atoms with Crippen molar-refractivity contribution >= 4 is 17.8 Å². The number of likely N-dealkylation sites (tertiary alicyclic amines) is 1. The van der Waals surface area contributed by atoms with E-state index in [4.69, 9.17) is 5.73 Å². The van der Waals surface area contributed by atoms with Gasteiger partial charge in [-0.3, -0.25) is 4.79 Å². The molecule has 2 unspecified atom stereocenters. The lowest BCUT2D eigenvalue weighted by molar-refractivity contribution is -0.0912. The smallest absolute Gasteiger partial charge is 0.398 e. The predicted octanol–water partition coefficient (Wildman–Crippen LogP) is 5.70. The van der Waals surface area contributed by atoms with Crippen molar-refractivity contribution in [3.8, 4) is 0 Å². The number of hydrogen-bond donors (Lipinski definition) is 2. The number of halogens is 6. The Morgan fingerprint density at radius 3 is 2.57 bits per heavy atom. The summed E-state index contributed by atoms with van der Waals surface area (Å²) in [7, 11) is 0. The number of aliphatic imine (C=N–C) groups is 1. The van der Waals surface area contributed by atoms with Crippen LogP contribution in [0.1, 0.15) is 50.9 Å². The summed E-state index contributed by atoms with van der Waals surface area (Å²) in [6.07, 6.45) is -3.03. The number of hydrogen-bond acceptors (Lipinski definition) is 4.